The summed E-state index contributed by atoms with van der Waals surface area (Å²) in [6.07, 6.45) is -25.6. The summed E-state index contributed by atoms with van der Waals surface area (Å²) in [6, 6.07) is 0. The summed E-state index contributed by atoms with van der Waals surface area (Å²) in [5, 5.41) is 91.4. The number of carbonyl (C=O) groups is 1. The van der Waals surface area contributed by atoms with Crippen molar-refractivity contribution in [1.82, 2.24) is 0 Å². The molecule has 15 atom stereocenters. The van der Waals surface area contributed by atoms with Crippen molar-refractivity contribution < 1.29 is 79.2 Å². The summed E-state index contributed by atoms with van der Waals surface area (Å²) in [5.41, 5.74) is 0. The van der Waals surface area contributed by atoms with Crippen LogP contribution >= 0.6 is 0 Å². The first-order valence-corrected chi connectivity index (χ1v) is 10.8. The monoisotopic (exact) mass is 516 g/mol. The van der Waals surface area contributed by atoms with E-state index in [0.29, 0.717) is 0 Å². The van der Waals surface area contributed by atoms with Gasteiger partial charge >= 0.3 is 5.97 Å². The third kappa shape index (κ3) is 5.60. The molecule has 16 nitrogen and oxygen atoms in total. The third-order valence-corrected chi connectivity index (χ3v) is 6.21. The molecule has 35 heavy (non-hydrogen) atoms. The van der Waals surface area contributed by atoms with Gasteiger partial charge in [-0.3, -0.25) is 0 Å². The Labute approximate surface area is 198 Å². The highest BCUT2D eigenvalue weighted by Gasteiger charge is 2.54. The van der Waals surface area contributed by atoms with Gasteiger partial charge in [-0.15, -0.1) is 0 Å². The molecule has 204 valence electrons. The first-order valence-electron chi connectivity index (χ1n) is 10.8. The van der Waals surface area contributed by atoms with Crippen LogP contribution in [0.15, 0.2) is 0 Å². The van der Waals surface area contributed by atoms with Crippen molar-refractivity contribution in [3.05, 3.63) is 0 Å². The van der Waals surface area contributed by atoms with Crippen molar-refractivity contribution in [2.24, 2.45) is 0 Å². The van der Waals surface area contributed by atoms with E-state index in [2.05, 4.69) is 4.74 Å². The molecule has 0 bridgehead atoms. The highest BCUT2D eigenvalue weighted by molar-refractivity contribution is 5.75. The number of esters is 1. The normalized spacial score (nSPS) is 51.1. The van der Waals surface area contributed by atoms with E-state index in [4.69, 9.17) is 23.7 Å². The Morgan fingerprint density at radius 2 is 1.31 bits per heavy atom. The zero-order chi connectivity index (χ0) is 26.2. The Hall–Kier alpha value is -1.09. The summed E-state index contributed by atoms with van der Waals surface area (Å²) in [5.74, 6) is -1.08. The molecule has 0 aromatic heterocycles. The molecule has 3 saturated heterocycles. The van der Waals surface area contributed by atoms with Crippen LogP contribution in [0.4, 0.5) is 0 Å². The number of aliphatic hydroxyl groups excluding tert-OH is 9. The van der Waals surface area contributed by atoms with Crippen molar-refractivity contribution in [3.63, 3.8) is 0 Å². The molecule has 3 aliphatic rings. The minimum atomic E-state index is -2.02. The smallest absolute Gasteiger partial charge is 0.337 e. The van der Waals surface area contributed by atoms with Gasteiger partial charge in [-0.1, -0.05) is 0 Å². The van der Waals surface area contributed by atoms with E-state index in [1.165, 1.54) is 6.92 Å². The van der Waals surface area contributed by atoms with Gasteiger partial charge in [0.2, 0.25) is 0 Å². The third-order valence-electron chi connectivity index (χ3n) is 6.21. The quantitative estimate of drug-likeness (QED) is 0.149. The van der Waals surface area contributed by atoms with Gasteiger partial charge in [0, 0.05) is 0 Å². The minimum Gasteiger partial charge on any atom is -0.467 e. The van der Waals surface area contributed by atoms with Crippen LogP contribution in [0.1, 0.15) is 6.92 Å². The van der Waals surface area contributed by atoms with Gasteiger partial charge in [-0.25, -0.2) is 4.79 Å². The largest absolute Gasteiger partial charge is 0.467 e. The fraction of sp³-hybridized carbons (Fsp3) is 0.947. The summed E-state index contributed by atoms with van der Waals surface area (Å²) >= 11 is 0. The molecule has 0 aromatic rings. The fourth-order valence-corrected chi connectivity index (χ4v) is 4.06. The van der Waals surface area contributed by atoms with E-state index < -0.39 is 105 Å². The van der Waals surface area contributed by atoms with Crippen LogP contribution < -0.4 is 0 Å². The average molecular weight is 516 g/mol. The SMILES string of the molecule is COC(=O)[C@H]1O[C@@H](O)[C@H](O[C@@H]2O[C@H](CO)[C@@H](O)[C@H](O)[C@H]2O[C@@H]2O[C@@H](C)[C@H](O)[C@@H](O)[C@H]2O)[C@@H](O)[C@@H]1O. The van der Waals surface area contributed by atoms with Gasteiger partial charge in [0.05, 0.1) is 19.8 Å². The maximum Gasteiger partial charge on any atom is 0.337 e. The Morgan fingerprint density at radius 3 is 1.91 bits per heavy atom. The van der Waals surface area contributed by atoms with Gasteiger partial charge in [0.25, 0.3) is 0 Å². The Morgan fingerprint density at radius 1 is 0.714 bits per heavy atom. The van der Waals surface area contributed by atoms with Gasteiger partial charge < -0.3 is 74.4 Å². The Kier molecular flexibility index (Phi) is 9.38. The fourth-order valence-electron chi connectivity index (χ4n) is 4.06. The second-order valence-electron chi connectivity index (χ2n) is 8.54. The molecule has 3 aliphatic heterocycles. The Balaban J connectivity index is 1.81. The van der Waals surface area contributed by atoms with Gasteiger partial charge in [0.1, 0.15) is 61.0 Å². The van der Waals surface area contributed by atoms with E-state index in [1.54, 1.807) is 0 Å². The maximum absolute atomic E-state index is 11.7. The zero-order valence-corrected chi connectivity index (χ0v) is 18.8. The minimum absolute atomic E-state index is 0.797. The molecule has 0 aromatic carbocycles. The molecule has 0 amide bonds. The molecule has 16 heteroatoms. The van der Waals surface area contributed by atoms with Gasteiger partial charge in [-0.05, 0) is 6.92 Å². The number of hydrogen-bond acceptors (Lipinski definition) is 16. The van der Waals surface area contributed by atoms with Crippen molar-refractivity contribution in [2.75, 3.05) is 13.7 Å². The Bertz CT molecular complexity index is 710. The lowest BCUT2D eigenvalue weighted by molar-refractivity contribution is -0.388. The van der Waals surface area contributed by atoms with Gasteiger partial charge in [0.15, 0.2) is 25.0 Å². The number of ether oxygens (including phenoxy) is 6. The lowest BCUT2D eigenvalue weighted by Crippen LogP contribution is -2.66. The molecular weight excluding hydrogens is 484 g/mol. The number of carbonyl (C=O) groups excluding carboxylic acids is 1. The van der Waals surface area contributed by atoms with E-state index in [0.717, 1.165) is 7.11 Å². The molecule has 0 spiro atoms. The highest BCUT2D eigenvalue weighted by atomic mass is 16.8. The summed E-state index contributed by atoms with van der Waals surface area (Å²) in [7, 11) is 0.998. The predicted octanol–water partition coefficient (Wildman–Crippen LogP) is -6.36. The van der Waals surface area contributed by atoms with Crippen LogP contribution in [-0.4, -0.2) is 158 Å². The van der Waals surface area contributed by atoms with E-state index in [1.807, 2.05) is 0 Å². The number of aliphatic hydroxyl groups is 9. The van der Waals surface area contributed by atoms with Crippen molar-refractivity contribution in [1.29, 1.82) is 0 Å². The van der Waals surface area contributed by atoms with Crippen LogP contribution in [0.25, 0.3) is 0 Å². The standard InChI is InChI=1S/C19H32O16/c1-4-6(21)8(23)12(27)18(31-4)35-15-9(24)7(22)5(3-20)32-19(15)34-14-11(26)10(25)13(16(28)30-2)33-17(14)29/h4-15,17-27,29H,3H2,1-2H3/t4-,5+,6-,7+,8+,9-,10-,11-,12+,13-,14+,15+,17+,18-,19-/m0/s1. The predicted molar refractivity (Wildman–Crippen MR) is 105 cm³/mol. The second kappa shape index (κ2) is 11.5. The van der Waals surface area contributed by atoms with E-state index in [9.17, 15) is 50.8 Å². The van der Waals surface area contributed by atoms with E-state index >= 15 is 0 Å². The molecule has 0 unspecified atom stereocenters. The first-order chi connectivity index (χ1) is 16.4. The van der Waals surface area contributed by atoms with Crippen LogP contribution in [-0.2, 0) is 33.2 Å². The van der Waals surface area contributed by atoms with Crippen LogP contribution in [0.5, 0.6) is 0 Å². The zero-order valence-electron chi connectivity index (χ0n) is 18.8. The van der Waals surface area contributed by atoms with Crippen LogP contribution in [0.3, 0.4) is 0 Å². The maximum atomic E-state index is 11.7. The molecule has 3 heterocycles. The lowest BCUT2D eigenvalue weighted by Gasteiger charge is -2.47. The molecule has 0 radical (unpaired) electrons. The van der Waals surface area contributed by atoms with Crippen LogP contribution in [0.2, 0.25) is 0 Å². The van der Waals surface area contributed by atoms with Crippen molar-refractivity contribution >= 4 is 5.97 Å². The molecule has 3 rings (SSSR count). The molecule has 0 saturated carbocycles. The molecule has 3 fully saturated rings. The topological polar surface area (TPSA) is 255 Å². The van der Waals surface area contributed by atoms with E-state index in [-0.39, 0.29) is 0 Å². The van der Waals surface area contributed by atoms with Gasteiger partial charge in [-0.2, -0.15) is 0 Å². The summed E-state index contributed by atoms with van der Waals surface area (Å²) < 4.78 is 31.1. The number of hydrogen-bond donors (Lipinski definition) is 9. The van der Waals surface area contributed by atoms with Crippen molar-refractivity contribution in [2.45, 2.75) is 99.0 Å². The molecule has 0 aliphatic carbocycles. The van der Waals surface area contributed by atoms with Crippen LogP contribution in [0, 0.1) is 0 Å². The first kappa shape index (κ1) is 28.5. The molecule has 9 N–H and O–H groups in total. The lowest BCUT2D eigenvalue weighted by atomic mass is 9.96. The average Bonchev–Trinajstić information content (AvgIpc) is 2.84. The number of methoxy groups -OCH3 is 1. The highest BCUT2D eigenvalue weighted by Crippen LogP contribution is 2.32. The van der Waals surface area contributed by atoms with Crippen molar-refractivity contribution in [3.8, 4) is 0 Å². The number of rotatable bonds is 6. The second-order valence-corrected chi connectivity index (χ2v) is 8.54. The summed E-state index contributed by atoms with van der Waals surface area (Å²) in [4.78, 5) is 11.7. The molecular formula is C19H32O16. The summed E-state index contributed by atoms with van der Waals surface area (Å²) in [6.45, 7) is 0.578.